The van der Waals surface area contributed by atoms with Gasteiger partial charge in [0.25, 0.3) is 0 Å². The molecule has 0 aliphatic heterocycles. The highest BCUT2D eigenvalue weighted by Crippen LogP contribution is 2.18. The molecule has 0 amide bonds. The Labute approximate surface area is 93.6 Å². The molecule has 0 aromatic carbocycles. The molecule has 0 unspecified atom stereocenters. The zero-order valence-electron chi connectivity index (χ0n) is 10.9. The molecule has 3 nitrogen and oxygen atoms in total. The van der Waals surface area contributed by atoms with Crippen LogP contribution < -0.4 is 5.32 Å². The van der Waals surface area contributed by atoms with Crippen molar-refractivity contribution in [3.05, 3.63) is 0 Å². The minimum Gasteiger partial charge on any atom is -0.464 e. The summed E-state index contributed by atoms with van der Waals surface area (Å²) in [5.41, 5.74) is -0.366. The molecule has 0 radical (unpaired) electrons. The first kappa shape index (κ1) is 14.4. The van der Waals surface area contributed by atoms with E-state index >= 15 is 0 Å². The number of nitrogens with one attached hydrogen (secondary N) is 1. The smallest absolute Gasteiger partial charge is 0.325 e. The van der Waals surface area contributed by atoms with Gasteiger partial charge in [0.15, 0.2) is 0 Å². The van der Waals surface area contributed by atoms with E-state index in [1.807, 2.05) is 20.8 Å². The van der Waals surface area contributed by atoms with Crippen LogP contribution in [0.4, 0.5) is 0 Å². The van der Waals surface area contributed by atoms with Crippen LogP contribution in [0.15, 0.2) is 0 Å². The summed E-state index contributed by atoms with van der Waals surface area (Å²) in [6.45, 7) is 13.3. The molecule has 0 aromatic rings. The minimum atomic E-state index is -0.577. The number of rotatable bonds is 5. The van der Waals surface area contributed by atoms with Crippen LogP contribution in [0.3, 0.4) is 0 Å². The van der Waals surface area contributed by atoms with Gasteiger partial charge in [0.05, 0.1) is 6.61 Å². The van der Waals surface area contributed by atoms with Crippen LogP contribution in [0.1, 0.15) is 48.0 Å². The summed E-state index contributed by atoms with van der Waals surface area (Å²) in [7, 11) is 0. The number of carbonyl (C=O) groups is 1. The van der Waals surface area contributed by atoms with E-state index in [-0.39, 0.29) is 11.4 Å². The van der Waals surface area contributed by atoms with Crippen LogP contribution in [0.5, 0.6) is 0 Å². The fraction of sp³-hybridized carbons (Fsp3) is 0.917. The van der Waals surface area contributed by atoms with Crippen LogP contribution >= 0.6 is 0 Å². The second-order valence-electron chi connectivity index (χ2n) is 5.60. The molecule has 15 heavy (non-hydrogen) atoms. The Morgan fingerprint density at radius 1 is 1.20 bits per heavy atom. The van der Waals surface area contributed by atoms with E-state index in [2.05, 4.69) is 26.1 Å². The maximum atomic E-state index is 11.7. The van der Waals surface area contributed by atoms with Crippen molar-refractivity contribution in [3.8, 4) is 0 Å². The zero-order valence-corrected chi connectivity index (χ0v) is 10.9. The second kappa shape index (κ2) is 5.50. The largest absolute Gasteiger partial charge is 0.464 e. The number of esters is 1. The summed E-state index contributed by atoms with van der Waals surface area (Å²) in [5, 5.41) is 3.09. The normalized spacial score (nSPS) is 12.7. The topological polar surface area (TPSA) is 38.3 Å². The van der Waals surface area contributed by atoms with Crippen molar-refractivity contribution in [3.63, 3.8) is 0 Å². The number of hydrogen-bond donors (Lipinski definition) is 1. The van der Waals surface area contributed by atoms with Gasteiger partial charge in [-0.2, -0.15) is 0 Å². The summed E-state index contributed by atoms with van der Waals surface area (Å²) in [6.07, 6.45) is 0.890. The lowest BCUT2D eigenvalue weighted by atomic mass is 9.93. The van der Waals surface area contributed by atoms with Gasteiger partial charge in [0, 0.05) is 0 Å². The van der Waals surface area contributed by atoms with Crippen LogP contribution in [0, 0.1) is 5.41 Å². The number of likely N-dealkylation sites (N-methyl/N-ethyl adjacent to an activating group) is 1. The lowest BCUT2D eigenvalue weighted by Gasteiger charge is -2.24. The zero-order chi connectivity index (χ0) is 12.1. The fourth-order valence-electron chi connectivity index (χ4n) is 1.14. The Bertz CT molecular complexity index is 204. The summed E-state index contributed by atoms with van der Waals surface area (Å²) in [5.74, 6) is -0.173. The van der Waals surface area contributed by atoms with E-state index in [9.17, 15) is 4.79 Å². The van der Waals surface area contributed by atoms with Gasteiger partial charge >= 0.3 is 5.97 Å². The van der Waals surface area contributed by atoms with Crippen molar-refractivity contribution in [2.75, 3.05) is 13.2 Å². The standard InChI is InChI=1S/C12H25NO2/c1-7-13-12(5,6)10(14)15-9-8-11(2,3)4/h13H,7-9H2,1-6H3. The first-order valence-electron chi connectivity index (χ1n) is 5.61. The third kappa shape index (κ3) is 6.50. The third-order valence-electron chi connectivity index (χ3n) is 2.21. The van der Waals surface area contributed by atoms with Gasteiger partial charge in [-0.05, 0) is 32.2 Å². The van der Waals surface area contributed by atoms with E-state index in [0.29, 0.717) is 6.61 Å². The number of ether oxygens (including phenoxy) is 1. The highest BCUT2D eigenvalue weighted by Gasteiger charge is 2.28. The van der Waals surface area contributed by atoms with Gasteiger partial charge in [0.1, 0.15) is 5.54 Å². The molecule has 0 aliphatic carbocycles. The first-order valence-corrected chi connectivity index (χ1v) is 5.61. The molecular weight excluding hydrogens is 190 g/mol. The van der Waals surface area contributed by atoms with Crippen molar-refractivity contribution in [2.45, 2.75) is 53.5 Å². The SMILES string of the molecule is CCNC(C)(C)C(=O)OCCC(C)(C)C. The molecule has 90 valence electrons. The third-order valence-corrected chi connectivity index (χ3v) is 2.21. The van der Waals surface area contributed by atoms with Crippen molar-refractivity contribution >= 4 is 5.97 Å². The van der Waals surface area contributed by atoms with Gasteiger partial charge in [-0.1, -0.05) is 27.7 Å². The molecule has 0 aliphatic rings. The summed E-state index contributed by atoms with van der Waals surface area (Å²) in [6, 6.07) is 0. The lowest BCUT2D eigenvalue weighted by molar-refractivity contribution is -0.150. The number of carbonyl (C=O) groups excluding carboxylic acids is 1. The minimum absolute atomic E-state index is 0.173. The highest BCUT2D eigenvalue weighted by molar-refractivity contribution is 5.79. The Hall–Kier alpha value is -0.570. The Morgan fingerprint density at radius 3 is 2.13 bits per heavy atom. The number of hydrogen-bond acceptors (Lipinski definition) is 3. The summed E-state index contributed by atoms with van der Waals surface area (Å²) >= 11 is 0. The van der Waals surface area contributed by atoms with Crippen molar-refractivity contribution in [2.24, 2.45) is 5.41 Å². The molecule has 0 fully saturated rings. The van der Waals surface area contributed by atoms with E-state index in [0.717, 1.165) is 13.0 Å². The second-order valence-corrected chi connectivity index (χ2v) is 5.60. The molecule has 1 N–H and O–H groups in total. The molecule has 0 aromatic heterocycles. The fourth-order valence-corrected chi connectivity index (χ4v) is 1.14. The Kier molecular flexibility index (Phi) is 5.29. The predicted molar refractivity (Wildman–Crippen MR) is 62.8 cm³/mol. The van der Waals surface area contributed by atoms with Crippen LogP contribution in [-0.2, 0) is 9.53 Å². The molecule has 0 rings (SSSR count). The highest BCUT2D eigenvalue weighted by atomic mass is 16.5. The van der Waals surface area contributed by atoms with Gasteiger partial charge in [0.2, 0.25) is 0 Å². The van der Waals surface area contributed by atoms with E-state index < -0.39 is 5.54 Å². The molecule has 0 atom stereocenters. The van der Waals surface area contributed by atoms with Gasteiger partial charge in [-0.3, -0.25) is 4.79 Å². The molecule has 0 saturated heterocycles. The first-order chi connectivity index (χ1) is 6.69. The molecule has 0 bridgehead atoms. The van der Waals surface area contributed by atoms with Gasteiger partial charge in [-0.25, -0.2) is 0 Å². The molecule has 0 heterocycles. The van der Waals surface area contributed by atoms with E-state index in [4.69, 9.17) is 4.74 Å². The molecule has 3 heteroatoms. The average Bonchev–Trinajstić information content (AvgIpc) is 2.01. The maximum Gasteiger partial charge on any atom is 0.325 e. The van der Waals surface area contributed by atoms with Crippen LogP contribution in [0.2, 0.25) is 0 Å². The molecule has 0 spiro atoms. The lowest BCUT2D eigenvalue weighted by Crippen LogP contribution is -2.47. The summed E-state index contributed by atoms with van der Waals surface area (Å²) in [4.78, 5) is 11.7. The average molecular weight is 215 g/mol. The molecule has 0 saturated carbocycles. The van der Waals surface area contributed by atoms with E-state index in [1.54, 1.807) is 0 Å². The van der Waals surface area contributed by atoms with Crippen LogP contribution in [-0.4, -0.2) is 24.7 Å². The molecular formula is C12H25NO2. The van der Waals surface area contributed by atoms with Crippen molar-refractivity contribution in [1.82, 2.24) is 5.32 Å². The van der Waals surface area contributed by atoms with Gasteiger partial charge < -0.3 is 10.1 Å². The quantitative estimate of drug-likeness (QED) is 0.715. The monoisotopic (exact) mass is 215 g/mol. The summed E-state index contributed by atoms with van der Waals surface area (Å²) < 4.78 is 5.23. The Morgan fingerprint density at radius 2 is 1.73 bits per heavy atom. The van der Waals surface area contributed by atoms with Gasteiger partial charge in [-0.15, -0.1) is 0 Å². The Balaban J connectivity index is 3.94. The predicted octanol–water partition coefficient (Wildman–Crippen LogP) is 2.35. The van der Waals surface area contributed by atoms with Crippen molar-refractivity contribution < 1.29 is 9.53 Å². The van der Waals surface area contributed by atoms with Crippen LogP contribution in [0.25, 0.3) is 0 Å². The maximum absolute atomic E-state index is 11.7. The van der Waals surface area contributed by atoms with E-state index in [1.165, 1.54) is 0 Å². The van der Waals surface area contributed by atoms with Crippen molar-refractivity contribution in [1.29, 1.82) is 0 Å².